The molecule has 76 valence electrons. The topological polar surface area (TPSA) is 72.2 Å². The van der Waals surface area contributed by atoms with Crippen LogP contribution in [0.3, 0.4) is 0 Å². The number of hydrogen-bond acceptors (Lipinski definition) is 3. The Hall–Kier alpha value is -1.65. The van der Waals surface area contributed by atoms with Crippen LogP contribution in [-0.2, 0) is 11.3 Å². The van der Waals surface area contributed by atoms with Gasteiger partial charge in [0.05, 0.1) is 18.2 Å². The highest BCUT2D eigenvalue weighted by Gasteiger charge is 2.09. The van der Waals surface area contributed by atoms with Crippen molar-refractivity contribution in [3.8, 4) is 0 Å². The highest BCUT2D eigenvalue weighted by atomic mass is 16.4. The maximum atomic E-state index is 11.4. The fourth-order valence-electron chi connectivity index (χ4n) is 1.05. The van der Waals surface area contributed by atoms with Crippen LogP contribution >= 0.6 is 0 Å². The maximum absolute atomic E-state index is 11.4. The van der Waals surface area contributed by atoms with Gasteiger partial charge in [-0.15, -0.1) is 0 Å². The van der Waals surface area contributed by atoms with E-state index in [1.54, 1.807) is 10.9 Å². The summed E-state index contributed by atoms with van der Waals surface area (Å²) in [6.07, 6.45) is 3.00. The molecule has 0 saturated heterocycles. The molecule has 1 aromatic rings. The molecule has 0 atom stereocenters. The zero-order valence-corrected chi connectivity index (χ0v) is 7.93. The Kier molecular flexibility index (Phi) is 3.39. The van der Waals surface area contributed by atoms with Gasteiger partial charge in [-0.1, -0.05) is 0 Å². The van der Waals surface area contributed by atoms with Crippen LogP contribution in [0, 0.1) is 0 Å². The smallest absolute Gasteiger partial charge is 0.303 e. The Bertz CT molecular complexity index is 344. The second-order valence-corrected chi connectivity index (χ2v) is 2.90. The monoisotopic (exact) mass is 196 g/mol. The van der Waals surface area contributed by atoms with E-state index in [9.17, 15) is 9.59 Å². The maximum Gasteiger partial charge on any atom is 0.303 e. The fraction of sp³-hybridized carbons (Fsp3) is 0.444. The first-order chi connectivity index (χ1) is 6.63. The van der Waals surface area contributed by atoms with Crippen molar-refractivity contribution in [2.75, 3.05) is 0 Å². The summed E-state index contributed by atoms with van der Waals surface area (Å²) in [5.41, 5.74) is 0.480. The van der Waals surface area contributed by atoms with Crippen LogP contribution in [0.2, 0.25) is 0 Å². The molecule has 0 aliphatic carbocycles. The molecular formula is C9H12N2O3. The summed E-state index contributed by atoms with van der Waals surface area (Å²) >= 11 is 0. The lowest BCUT2D eigenvalue weighted by atomic mass is 10.1. The molecule has 0 aliphatic rings. The van der Waals surface area contributed by atoms with Crippen LogP contribution in [0.1, 0.15) is 30.1 Å². The van der Waals surface area contributed by atoms with Crippen molar-refractivity contribution in [2.45, 2.75) is 26.3 Å². The molecule has 1 rings (SSSR count). The Balaban J connectivity index is 2.56. The number of aromatic nitrogens is 2. The molecule has 0 amide bonds. The molecule has 0 saturated carbocycles. The summed E-state index contributed by atoms with van der Waals surface area (Å²) in [4.78, 5) is 21.6. The predicted molar refractivity (Wildman–Crippen MR) is 49.1 cm³/mol. The molecular weight excluding hydrogens is 184 g/mol. The van der Waals surface area contributed by atoms with Gasteiger partial charge in [-0.05, 0) is 6.92 Å². The van der Waals surface area contributed by atoms with Crippen molar-refractivity contribution >= 4 is 11.8 Å². The fourth-order valence-corrected chi connectivity index (χ4v) is 1.05. The van der Waals surface area contributed by atoms with Crippen molar-refractivity contribution in [2.24, 2.45) is 0 Å². The molecule has 1 heterocycles. The number of carboxylic acid groups (broad SMARTS) is 1. The van der Waals surface area contributed by atoms with Gasteiger partial charge in [-0.3, -0.25) is 14.3 Å². The molecule has 0 unspecified atom stereocenters. The molecule has 5 nitrogen and oxygen atoms in total. The first kappa shape index (κ1) is 10.4. The van der Waals surface area contributed by atoms with Gasteiger partial charge in [0, 0.05) is 19.2 Å². The molecule has 14 heavy (non-hydrogen) atoms. The van der Waals surface area contributed by atoms with Crippen LogP contribution < -0.4 is 0 Å². The third-order valence-corrected chi connectivity index (χ3v) is 1.85. The Morgan fingerprint density at radius 2 is 2.21 bits per heavy atom. The van der Waals surface area contributed by atoms with Crippen molar-refractivity contribution in [3.63, 3.8) is 0 Å². The third-order valence-electron chi connectivity index (χ3n) is 1.85. The van der Waals surface area contributed by atoms with E-state index in [0.717, 1.165) is 0 Å². The number of carboxylic acids is 1. The standard InChI is InChI=1S/C9H12N2O3/c1-2-11-6-7(5-10-11)8(12)3-4-9(13)14/h5-6H,2-4H2,1H3,(H,13,14). The number of ketones is 1. The van der Waals surface area contributed by atoms with E-state index in [4.69, 9.17) is 5.11 Å². The van der Waals surface area contributed by atoms with Gasteiger partial charge in [-0.2, -0.15) is 5.10 Å². The van der Waals surface area contributed by atoms with Gasteiger partial charge >= 0.3 is 5.97 Å². The van der Waals surface area contributed by atoms with Gasteiger partial charge in [-0.25, -0.2) is 0 Å². The lowest BCUT2D eigenvalue weighted by Crippen LogP contribution is -2.03. The number of carbonyl (C=O) groups excluding carboxylic acids is 1. The number of nitrogens with zero attached hydrogens (tertiary/aromatic N) is 2. The molecule has 0 spiro atoms. The normalized spacial score (nSPS) is 10.1. The summed E-state index contributed by atoms with van der Waals surface area (Å²) in [7, 11) is 0. The summed E-state index contributed by atoms with van der Waals surface area (Å²) in [6, 6.07) is 0. The lowest BCUT2D eigenvalue weighted by Gasteiger charge is -1.93. The van der Waals surface area contributed by atoms with Crippen LogP contribution in [0.25, 0.3) is 0 Å². The number of aryl methyl sites for hydroxylation is 1. The van der Waals surface area contributed by atoms with E-state index in [2.05, 4.69) is 5.10 Å². The van der Waals surface area contributed by atoms with Gasteiger partial charge in [0.25, 0.3) is 0 Å². The quantitative estimate of drug-likeness (QED) is 0.711. The first-order valence-electron chi connectivity index (χ1n) is 4.41. The molecule has 0 aliphatic heterocycles. The van der Waals surface area contributed by atoms with E-state index in [0.29, 0.717) is 12.1 Å². The SMILES string of the molecule is CCn1cc(C(=O)CCC(=O)O)cn1. The Morgan fingerprint density at radius 1 is 1.50 bits per heavy atom. The van der Waals surface area contributed by atoms with Gasteiger partial charge in [0.2, 0.25) is 0 Å². The van der Waals surface area contributed by atoms with E-state index < -0.39 is 5.97 Å². The first-order valence-corrected chi connectivity index (χ1v) is 4.41. The second kappa shape index (κ2) is 4.55. The molecule has 0 radical (unpaired) electrons. The van der Waals surface area contributed by atoms with Crippen LogP contribution in [0.5, 0.6) is 0 Å². The minimum Gasteiger partial charge on any atom is -0.481 e. The van der Waals surface area contributed by atoms with Crippen LogP contribution in [-0.4, -0.2) is 26.6 Å². The van der Waals surface area contributed by atoms with Gasteiger partial charge in [0.1, 0.15) is 0 Å². The van der Waals surface area contributed by atoms with Crippen molar-refractivity contribution in [3.05, 3.63) is 18.0 Å². The van der Waals surface area contributed by atoms with Crippen molar-refractivity contribution in [1.29, 1.82) is 0 Å². The Labute approximate surface area is 81.3 Å². The van der Waals surface area contributed by atoms with Crippen LogP contribution in [0.15, 0.2) is 12.4 Å². The highest BCUT2D eigenvalue weighted by Crippen LogP contribution is 2.04. The third kappa shape index (κ3) is 2.69. The minimum absolute atomic E-state index is 0.0325. The number of rotatable bonds is 5. The van der Waals surface area contributed by atoms with Crippen LogP contribution in [0.4, 0.5) is 0 Å². The average molecular weight is 196 g/mol. The van der Waals surface area contributed by atoms with E-state index in [1.165, 1.54) is 6.20 Å². The van der Waals surface area contributed by atoms with E-state index in [-0.39, 0.29) is 18.6 Å². The average Bonchev–Trinajstić information content (AvgIpc) is 2.62. The molecule has 0 bridgehead atoms. The molecule has 0 aromatic carbocycles. The zero-order valence-electron chi connectivity index (χ0n) is 7.93. The molecule has 0 fully saturated rings. The van der Waals surface area contributed by atoms with E-state index in [1.807, 2.05) is 6.92 Å². The summed E-state index contributed by atoms with van der Waals surface area (Å²) in [6.45, 7) is 2.62. The number of Topliss-reactive ketones (excluding diaryl/α,β-unsaturated/α-hetero) is 1. The largest absolute Gasteiger partial charge is 0.481 e. The van der Waals surface area contributed by atoms with Gasteiger partial charge < -0.3 is 5.11 Å². The Morgan fingerprint density at radius 3 is 2.71 bits per heavy atom. The number of aliphatic carboxylic acids is 1. The van der Waals surface area contributed by atoms with Crippen molar-refractivity contribution < 1.29 is 14.7 Å². The molecule has 5 heteroatoms. The highest BCUT2D eigenvalue weighted by molar-refractivity contribution is 5.96. The second-order valence-electron chi connectivity index (χ2n) is 2.90. The van der Waals surface area contributed by atoms with Crippen molar-refractivity contribution in [1.82, 2.24) is 9.78 Å². The molecule has 1 aromatic heterocycles. The summed E-state index contributed by atoms with van der Waals surface area (Å²) < 4.78 is 1.63. The summed E-state index contributed by atoms with van der Waals surface area (Å²) in [5, 5.41) is 12.3. The minimum atomic E-state index is -0.957. The summed E-state index contributed by atoms with van der Waals surface area (Å²) in [5.74, 6) is -1.13. The predicted octanol–water partition coefficient (Wildman–Crippen LogP) is 0.951. The molecule has 1 N–H and O–H groups in total. The lowest BCUT2D eigenvalue weighted by molar-refractivity contribution is -0.136. The van der Waals surface area contributed by atoms with E-state index >= 15 is 0 Å². The van der Waals surface area contributed by atoms with Gasteiger partial charge in [0.15, 0.2) is 5.78 Å². The number of carbonyl (C=O) groups is 2. The zero-order chi connectivity index (χ0) is 10.6. The number of hydrogen-bond donors (Lipinski definition) is 1.